The average molecular weight is 321 g/mol. The Balaban J connectivity index is 2.05. The van der Waals surface area contributed by atoms with Crippen molar-refractivity contribution in [3.63, 3.8) is 0 Å². The first-order chi connectivity index (χ1) is 11.1. The van der Waals surface area contributed by atoms with Gasteiger partial charge in [0.05, 0.1) is 4.53 Å². The molecule has 2 heterocycles. The van der Waals surface area contributed by atoms with E-state index in [4.69, 9.17) is 0 Å². The molecule has 0 aliphatic rings. The molecule has 23 heavy (non-hydrogen) atoms. The summed E-state index contributed by atoms with van der Waals surface area (Å²) in [5, 5.41) is 6.19. The highest BCUT2D eigenvalue weighted by Gasteiger charge is 2.08. The summed E-state index contributed by atoms with van der Waals surface area (Å²) in [4.78, 5) is 28.3. The fourth-order valence-electron chi connectivity index (χ4n) is 2.50. The summed E-state index contributed by atoms with van der Waals surface area (Å²) < 4.78 is 1.70. The maximum atomic E-state index is 12.5. The Hall–Kier alpha value is -2.86. The van der Waals surface area contributed by atoms with Crippen LogP contribution in [0.2, 0.25) is 0 Å². The van der Waals surface area contributed by atoms with E-state index in [1.165, 1.54) is 15.9 Å². The normalized spacial score (nSPS) is 12.3. The van der Waals surface area contributed by atoms with E-state index in [0.717, 1.165) is 16.3 Å². The largest absolute Gasteiger partial charge is 0.295 e. The van der Waals surface area contributed by atoms with E-state index >= 15 is 0 Å². The van der Waals surface area contributed by atoms with Gasteiger partial charge in [0.2, 0.25) is 4.96 Å². The highest BCUT2D eigenvalue weighted by molar-refractivity contribution is 7.15. The van der Waals surface area contributed by atoms with Crippen LogP contribution in [-0.2, 0) is 0 Å². The van der Waals surface area contributed by atoms with Crippen LogP contribution in [0.3, 0.4) is 0 Å². The van der Waals surface area contributed by atoms with Gasteiger partial charge in [-0.05, 0) is 29.3 Å². The van der Waals surface area contributed by atoms with Crippen LogP contribution in [0.1, 0.15) is 11.3 Å². The number of nitrogens with zero attached hydrogens (tertiary/aromatic N) is 3. The Morgan fingerprint density at radius 1 is 1.09 bits per heavy atom. The molecule has 0 bridgehead atoms. The molecule has 0 saturated heterocycles. The number of thiazole rings is 1. The van der Waals surface area contributed by atoms with Crippen LogP contribution >= 0.6 is 11.3 Å². The van der Waals surface area contributed by atoms with Crippen LogP contribution in [0.5, 0.6) is 0 Å². The van der Waals surface area contributed by atoms with Crippen molar-refractivity contribution < 1.29 is 0 Å². The second-order valence-corrected chi connectivity index (χ2v) is 6.19. The van der Waals surface area contributed by atoms with Gasteiger partial charge in [-0.15, -0.1) is 0 Å². The van der Waals surface area contributed by atoms with Gasteiger partial charge in [0.1, 0.15) is 5.69 Å². The Morgan fingerprint density at radius 3 is 2.74 bits per heavy atom. The summed E-state index contributed by atoms with van der Waals surface area (Å²) in [5.41, 5.74) is 0.511. The lowest BCUT2D eigenvalue weighted by Crippen LogP contribution is -2.27. The summed E-state index contributed by atoms with van der Waals surface area (Å²) in [7, 11) is 0. The third-order valence-electron chi connectivity index (χ3n) is 3.65. The SMILES string of the molecule is Cc1nn2c(=O)c(=Cc3cccc4ccccc34)sc2nc1=O. The molecule has 0 unspecified atom stereocenters. The average Bonchev–Trinajstić information content (AvgIpc) is 2.84. The zero-order valence-corrected chi connectivity index (χ0v) is 13.0. The van der Waals surface area contributed by atoms with Gasteiger partial charge in [-0.3, -0.25) is 9.59 Å². The van der Waals surface area contributed by atoms with Crippen molar-refractivity contribution in [1.82, 2.24) is 14.6 Å². The molecule has 0 fully saturated rings. The number of hydrogen-bond donors (Lipinski definition) is 0. The molecule has 2 aromatic heterocycles. The minimum atomic E-state index is -0.400. The van der Waals surface area contributed by atoms with Crippen LogP contribution in [0.4, 0.5) is 0 Å². The first-order valence-electron chi connectivity index (χ1n) is 7.03. The Bertz CT molecular complexity index is 1220. The molecule has 0 amide bonds. The molecule has 0 atom stereocenters. The molecule has 0 aliphatic carbocycles. The molecular formula is C17H11N3O2S. The van der Waals surface area contributed by atoms with E-state index in [-0.39, 0.29) is 11.3 Å². The highest BCUT2D eigenvalue weighted by atomic mass is 32.1. The molecule has 112 valence electrons. The summed E-state index contributed by atoms with van der Waals surface area (Å²) in [5.74, 6) is 0. The minimum Gasteiger partial charge on any atom is -0.266 e. The zero-order valence-electron chi connectivity index (χ0n) is 12.2. The molecule has 2 aromatic carbocycles. The molecule has 4 aromatic rings. The topological polar surface area (TPSA) is 64.3 Å². The number of aromatic nitrogens is 3. The third-order valence-corrected chi connectivity index (χ3v) is 4.61. The predicted octanol–water partition coefficient (Wildman–Crippen LogP) is 1.52. The number of hydrogen-bond acceptors (Lipinski definition) is 5. The van der Waals surface area contributed by atoms with Gasteiger partial charge in [0, 0.05) is 0 Å². The second kappa shape index (κ2) is 5.10. The molecule has 0 radical (unpaired) electrons. The van der Waals surface area contributed by atoms with Crippen molar-refractivity contribution in [3.05, 3.63) is 79.0 Å². The van der Waals surface area contributed by atoms with Gasteiger partial charge in [0.25, 0.3) is 11.1 Å². The maximum absolute atomic E-state index is 12.5. The summed E-state index contributed by atoms with van der Waals surface area (Å²) in [6, 6.07) is 13.9. The van der Waals surface area contributed by atoms with Gasteiger partial charge in [-0.1, -0.05) is 53.8 Å². The van der Waals surface area contributed by atoms with Crippen LogP contribution in [0.25, 0.3) is 21.8 Å². The van der Waals surface area contributed by atoms with Gasteiger partial charge >= 0.3 is 0 Å². The Kier molecular flexibility index (Phi) is 3.06. The van der Waals surface area contributed by atoms with Crippen molar-refractivity contribution in [1.29, 1.82) is 0 Å². The highest BCUT2D eigenvalue weighted by Crippen LogP contribution is 2.18. The number of aryl methyl sites for hydroxylation is 1. The van der Waals surface area contributed by atoms with Crippen LogP contribution in [-0.4, -0.2) is 14.6 Å². The molecule has 0 aliphatic heterocycles. The molecule has 0 saturated carbocycles. The number of benzene rings is 2. The second-order valence-electron chi connectivity index (χ2n) is 5.18. The van der Waals surface area contributed by atoms with E-state index in [0.29, 0.717) is 9.49 Å². The third kappa shape index (κ3) is 2.24. The first-order valence-corrected chi connectivity index (χ1v) is 7.85. The summed E-state index contributed by atoms with van der Waals surface area (Å²) in [6.45, 7) is 1.55. The van der Waals surface area contributed by atoms with Gasteiger partial charge in [-0.25, -0.2) is 0 Å². The van der Waals surface area contributed by atoms with E-state index in [1.807, 2.05) is 48.5 Å². The monoisotopic (exact) mass is 321 g/mol. The quantitative estimate of drug-likeness (QED) is 0.533. The number of fused-ring (bicyclic) bond motifs is 2. The smallest absolute Gasteiger partial charge is 0.266 e. The fourth-order valence-corrected chi connectivity index (χ4v) is 3.40. The molecule has 6 heteroatoms. The van der Waals surface area contributed by atoms with Crippen LogP contribution < -0.4 is 15.7 Å². The Labute approximate surface area is 134 Å². The van der Waals surface area contributed by atoms with Crippen LogP contribution in [0, 0.1) is 6.92 Å². The Morgan fingerprint density at radius 2 is 1.87 bits per heavy atom. The van der Waals surface area contributed by atoms with Crippen molar-refractivity contribution in [2.75, 3.05) is 0 Å². The van der Waals surface area contributed by atoms with Gasteiger partial charge < -0.3 is 0 Å². The summed E-state index contributed by atoms with van der Waals surface area (Å²) >= 11 is 1.17. The zero-order chi connectivity index (χ0) is 16.0. The van der Waals surface area contributed by atoms with Crippen molar-refractivity contribution >= 4 is 33.1 Å². The maximum Gasteiger partial charge on any atom is 0.295 e. The summed E-state index contributed by atoms with van der Waals surface area (Å²) in [6.07, 6.45) is 1.82. The lowest BCUT2D eigenvalue weighted by molar-refractivity contribution is 0.833. The van der Waals surface area contributed by atoms with Gasteiger partial charge in [-0.2, -0.15) is 14.6 Å². The minimum absolute atomic E-state index is 0.217. The number of rotatable bonds is 1. The van der Waals surface area contributed by atoms with E-state index < -0.39 is 5.56 Å². The molecule has 0 spiro atoms. The van der Waals surface area contributed by atoms with E-state index in [2.05, 4.69) is 10.1 Å². The lowest BCUT2D eigenvalue weighted by Gasteiger charge is -2.00. The van der Waals surface area contributed by atoms with E-state index in [9.17, 15) is 9.59 Å². The molecule has 4 rings (SSSR count). The first kappa shape index (κ1) is 13.8. The standard InChI is InChI=1S/C17H11N3O2S/c1-10-15(21)18-17-20(19-10)16(22)14(23-17)9-12-7-4-6-11-5-2-3-8-13(11)12/h2-9H,1H3. The van der Waals surface area contributed by atoms with Crippen LogP contribution in [0.15, 0.2) is 52.1 Å². The lowest BCUT2D eigenvalue weighted by atomic mass is 10.0. The van der Waals surface area contributed by atoms with E-state index in [1.54, 1.807) is 6.92 Å². The fraction of sp³-hybridized carbons (Fsp3) is 0.0588. The molecule has 5 nitrogen and oxygen atoms in total. The molecule has 0 N–H and O–H groups in total. The van der Waals surface area contributed by atoms with Crippen molar-refractivity contribution in [3.8, 4) is 0 Å². The molecular weight excluding hydrogens is 310 g/mol. The van der Waals surface area contributed by atoms with Crippen molar-refractivity contribution in [2.24, 2.45) is 0 Å². The van der Waals surface area contributed by atoms with Crippen molar-refractivity contribution in [2.45, 2.75) is 6.92 Å². The van der Waals surface area contributed by atoms with Gasteiger partial charge in [0.15, 0.2) is 0 Å². The predicted molar refractivity (Wildman–Crippen MR) is 90.9 cm³/mol.